The fraction of sp³-hybridized carbons (Fsp3) is 0.231. The van der Waals surface area contributed by atoms with Crippen LogP contribution in [0.2, 0.25) is 0 Å². The number of thiazole rings is 1. The third kappa shape index (κ3) is 4.35. The van der Waals surface area contributed by atoms with E-state index in [1.807, 2.05) is 12.3 Å². The van der Waals surface area contributed by atoms with Crippen LogP contribution in [0.15, 0.2) is 34.5 Å². The first kappa shape index (κ1) is 15.6. The van der Waals surface area contributed by atoms with Crippen molar-refractivity contribution >= 4 is 27.3 Å². The second-order valence-corrected chi connectivity index (χ2v) is 6.91. The number of primary sulfonamides is 1. The van der Waals surface area contributed by atoms with Gasteiger partial charge in [-0.25, -0.2) is 18.5 Å². The molecule has 1 aromatic heterocycles. The van der Waals surface area contributed by atoms with Crippen LogP contribution in [0.3, 0.4) is 0 Å². The van der Waals surface area contributed by atoms with Gasteiger partial charge in [-0.2, -0.15) is 0 Å². The Morgan fingerprint density at radius 2 is 2.00 bits per heavy atom. The lowest BCUT2D eigenvalue weighted by Gasteiger charge is -2.04. The Morgan fingerprint density at radius 3 is 2.52 bits per heavy atom. The predicted octanol–water partition coefficient (Wildman–Crippen LogP) is 1.07. The van der Waals surface area contributed by atoms with Gasteiger partial charge in [0.1, 0.15) is 0 Å². The van der Waals surface area contributed by atoms with Gasteiger partial charge >= 0.3 is 0 Å². The van der Waals surface area contributed by atoms with Gasteiger partial charge in [-0.1, -0.05) is 12.1 Å². The zero-order valence-electron chi connectivity index (χ0n) is 11.4. The van der Waals surface area contributed by atoms with Crippen molar-refractivity contribution in [3.05, 3.63) is 45.9 Å². The number of nitrogens with one attached hydrogen (secondary N) is 1. The summed E-state index contributed by atoms with van der Waals surface area (Å²) in [5.74, 6) is -0.200. The van der Waals surface area contributed by atoms with E-state index in [4.69, 9.17) is 5.14 Å². The third-order valence-corrected chi connectivity index (χ3v) is 4.65. The van der Waals surface area contributed by atoms with Crippen molar-refractivity contribution in [2.75, 3.05) is 6.54 Å². The van der Waals surface area contributed by atoms with Crippen molar-refractivity contribution in [2.45, 2.75) is 18.2 Å². The van der Waals surface area contributed by atoms with Crippen LogP contribution in [0.5, 0.6) is 0 Å². The van der Waals surface area contributed by atoms with E-state index in [0.717, 1.165) is 11.3 Å². The van der Waals surface area contributed by atoms with Gasteiger partial charge in [0.25, 0.3) is 5.91 Å². The molecule has 8 heteroatoms. The van der Waals surface area contributed by atoms with Crippen LogP contribution < -0.4 is 10.5 Å². The van der Waals surface area contributed by atoms with Crippen molar-refractivity contribution < 1.29 is 13.2 Å². The molecule has 0 saturated heterocycles. The van der Waals surface area contributed by atoms with Crippen molar-refractivity contribution in [3.8, 4) is 0 Å². The average Bonchev–Trinajstić information content (AvgIpc) is 2.85. The minimum absolute atomic E-state index is 0.0774. The fourth-order valence-electron chi connectivity index (χ4n) is 1.70. The molecular weight excluding hydrogens is 310 g/mol. The maximum Gasteiger partial charge on any atom is 0.280 e. The number of nitrogens with zero attached hydrogens (tertiary/aromatic N) is 1. The predicted molar refractivity (Wildman–Crippen MR) is 80.7 cm³/mol. The van der Waals surface area contributed by atoms with E-state index >= 15 is 0 Å². The molecule has 112 valence electrons. The first-order valence-corrected chi connectivity index (χ1v) is 8.61. The molecule has 0 atom stereocenters. The van der Waals surface area contributed by atoms with Crippen LogP contribution in [-0.4, -0.2) is 25.9 Å². The molecule has 2 rings (SSSR count). The number of nitrogens with two attached hydrogens (primary N) is 1. The molecule has 0 spiro atoms. The summed E-state index contributed by atoms with van der Waals surface area (Å²) in [5.41, 5.74) is 1.74. The van der Waals surface area contributed by atoms with Crippen molar-refractivity contribution in [1.82, 2.24) is 10.3 Å². The van der Waals surface area contributed by atoms with Gasteiger partial charge in [0.15, 0.2) is 5.01 Å². The molecule has 0 aliphatic heterocycles. The van der Waals surface area contributed by atoms with E-state index in [-0.39, 0.29) is 10.8 Å². The number of benzene rings is 1. The Kier molecular flexibility index (Phi) is 4.71. The number of carbonyl (C=O) groups excluding carboxylic acids is 1. The first-order valence-electron chi connectivity index (χ1n) is 6.18. The molecular formula is C13H15N3O3S2. The fourth-order valence-corrected chi connectivity index (χ4v) is 2.93. The van der Waals surface area contributed by atoms with E-state index in [1.54, 1.807) is 12.1 Å². The molecule has 2 aromatic rings. The number of aryl methyl sites for hydroxylation is 1. The standard InChI is InChI=1S/C13H15N3O3S2/c1-9-8-20-13(16-9)12(17)15-7-6-10-2-4-11(5-3-10)21(14,18)19/h2-5,8H,6-7H2,1H3,(H,15,17)(H2,14,18,19). The molecule has 1 amide bonds. The van der Waals surface area contributed by atoms with Gasteiger partial charge in [0, 0.05) is 17.6 Å². The topological polar surface area (TPSA) is 102 Å². The normalized spacial score (nSPS) is 11.3. The van der Waals surface area contributed by atoms with Crippen molar-refractivity contribution in [3.63, 3.8) is 0 Å². The van der Waals surface area contributed by atoms with Crippen LogP contribution in [-0.2, 0) is 16.4 Å². The highest BCUT2D eigenvalue weighted by molar-refractivity contribution is 7.89. The molecule has 0 aliphatic rings. The van der Waals surface area contributed by atoms with E-state index in [2.05, 4.69) is 10.3 Å². The molecule has 0 bridgehead atoms. The molecule has 1 heterocycles. The van der Waals surface area contributed by atoms with Gasteiger partial charge in [0.05, 0.1) is 4.90 Å². The Hall–Kier alpha value is -1.77. The van der Waals surface area contributed by atoms with Crippen LogP contribution in [0.25, 0.3) is 0 Å². The molecule has 6 nitrogen and oxygen atoms in total. The maximum atomic E-state index is 11.8. The average molecular weight is 325 g/mol. The molecule has 0 aliphatic carbocycles. The summed E-state index contributed by atoms with van der Waals surface area (Å²) in [6.07, 6.45) is 0.598. The zero-order chi connectivity index (χ0) is 15.5. The quantitative estimate of drug-likeness (QED) is 0.858. The van der Waals surface area contributed by atoms with Crippen LogP contribution in [0, 0.1) is 6.92 Å². The summed E-state index contributed by atoms with van der Waals surface area (Å²) in [6.45, 7) is 2.28. The Labute approximate surface area is 127 Å². The van der Waals surface area contributed by atoms with Crippen molar-refractivity contribution in [1.29, 1.82) is 0 Å². The number of hydrogen-bond donors (Lipinski definition) is 2. The molecule has 21 heavy (non-hydrogen) atoms. The number of sulfonamides is 1. The number of carbonyl (C=O) groups is 1. The number of aromatic nitrogens is 1. The van der Waals surface area contributed by atoms with Crippen LogP contribution in [0.4, 0.5) is 0 Å². The van der Waals surface area contributed by atoms with Gasteiger partial charge in [-0.05, 0) is 31.0 Å². The summed E-state index contributed by atoms with van der Waals surface area (Å²) in [4.78, 5) is 16.0. The lowest BCUT2D eigenvalue weighted by atomic mass is 10.1. The van der Waals surface area contributed by atoms with Gasteiger partial charge in [-0.3, -0.25) is 4.79 Å². The van der Waals surface area contributed by atoms with E-state index < -0.39 is 10.0 Å². The second kappa shape index (κ2) is 6.33. The highest BCUT2D eigenvalue weighted by Crippen LogP contribution is 2.10. The Bertz CT molecular complexity index is 736. The largest absolute Gasteiger partial charge is 0.350 e. The first-order chi connectivity index (χ1) is 9.86. The van der Waals surface area contributed by atoms with Gasteiger partial charge in [0.2, 0.25) is 10.0 Å². The van der Waals surface area contributed by atoms with E-state index in [0.29, 0.717) is 18.0 Å². The highest BCUT2D eigenvalue weighted by atomic mass is 32.2. The van der Waals surface area contributed by atoms with Gasteiger partial charge < -0.3 is 5.32 Å². The minimum atomic E-state index is -3.66. The summed E-state index contributed by atoms with van der Waals surface area (Å²) in [6, 6.07) is 6.27. The smallest absolute Gasteiger partial charge is 0.280 e. The maximum absolute atomic E-state index is 11.8. The summed E-state index contributed by atoms with van der Waals surface area (Å²) in [5, 5.41) is 10.1. The van der Waals surface area contributed by atoms with E-state index in [9.17, 15) is 13.2 Å². The minimum Gasteiger partial charge on any atom is -0.350 e. The lowest BCUT2D eigenvalue weighted by molar-refractivity contribution is 0.0953. The Morgan fingerprint density at radius 1 is 1.33 bits per heavy atom. The monoisotopic (exact) mass is 325 g/mol. The van der Waals surface area contributed by atoms with Gasteiger partial charge in [-0.15, -0.1) is 11.3 Å². The molecule has 3 N–H and O–H groups in total. The second-order valence-electron chi connectivity index (χ2n) is 4.49. The number of rotatable bonds is 5. The molecule has 0 radical (unpaired) electrons. The SMILES string of the molecule is Cc1csc(C(=O)NCCc2ccc(S(N)(=O)=O)cc2)n1. The molecule has 1 aromatic carbocycles. The van der Waals surface area contributed by atoms with Crippen molar-refractivity contribution in [2.24, 2.45) is 5.14 Å². The van der Waals surface area contributed by atoms with E-state index in [1.165, 1.54) is 23.5 Å². The Balaban J connectivity index is 1.88. The van der Waals surface area contributed by atoms with Crippen LogP contribution in [0.1, 0.15) is 21.1 Å². The van der Waals surface area contributed by atoms with Crippen LogP contribution >= 0.6 is 11.3 Å². The zero-order valence-corrected chi connectivity index (χ0v) is 13.0. The summed E-state index contributed by atoms with van der Waals surface area (Å²) in [7, 11) is -3.66. The molecule has 0 unspecified atom stereocenters. The number of amides is 1. The molecule has 0 saturated carbocycles. The summed E-state index contributed by atoms with van der Waals surface area (Å²) < 4.78 is 22.2. The highest BCUT2D eigenvalue weighted by Gasteiger charge is 2.09. The third-order valence-electron chi connectivity index (χ3n) is 2.76. The molecule has 0 fully saturated rings. The lowest BCUT2D eigenvalue weighted by Crippen LogP contribution is -2.25. The summed E-state index contributed by atoms with van der Waals surface area (Å²) >= 11 is 1.30. The number of hydrogen-bond acceptors (Lipinski definition) is 5.